The van der Waals surface area contributed by atoms with Gasteiger partial charge in [-0.05, 0) is 18.9 Å². The molecule has 0 radical (unpaired) electrons. The average molecular weight is 235 g/mol. The summed E-state index contributed by atoms with van der Waals surface area (Å²) in [6, 6.07) is 1.78. The molecular formula is C12H17N3O2. The van der Waals surface area contributed by atoms with Gasteiger partial charge in [-0.25, -0.2) is 9.97 Å². The first kappa shape index (κ1) is 11.8. The Balaban J connectivity index is 1.93. The predicted molar refractivity (Wildman–Crippen MR) is 64.0 cm³/mol. The lowest BCUT2D eigenvalue weighted by atomic mass is 10.1. The molecule has 0 spiro atoms. The van der Waals surface area contributed by atoms with Crippen molar-refractivity contribution in [1.82, 2.24) is 9.97 Å². The van der Waals surface area contributed by atoms with E-state index in [9.17, 15) is 4.79 Å². The molecule has 5 heteroatoms. The molecule has 2 rings (SSSR count). The highest BCUT2D eigenvalue weighted by Gasteiger charge is 2.19. The van der Waals surface area contributed by atoms with Gasteiger partial charge < -0.3 is 10.4 Å². The summed E-state index contributed by atoms with van der Waals surface area (Å²) < 4.78 is 0. The molecule has 1 saturated carbocycles. The van der Waals surface area contributed by atoms with Crippen molar-refractivity contribution in [2.75, 3.05) is 11.9 Å². The first-order chi connectivity index (χ1) is 8.25. The number of carboxylic acids is 1. The molecule has 5 nitrogen and oxygen atoms in total. The van der Waals surface area contributed by atoms with Gasteiger partial charge in [0.15, 0.2) is 0 Å². The van der Waals surface area contributed by atoms with Crippen molar-refractivity contribution >= 4 is 11.8 Å². The summed E-state index contributed by atoms with van der Waals surface area (Å²) in [5.74, 6) is 1.30. The summed E-state index contributed by atoms with van der Waals surface area (Å²) >= 11 is 0. The molecule has 2 N–H and O–H groups in total. The average Bonchev–Trinajstić information content (AvgIpc) is 2.82. The van der Waals surface area contributed by atoms with Crippen molar-refractivity contribution in [3.05, 3.63) is 18.1 Å². The lowest BCUT2D eigenvalue weighted by molar-refractivity contribution is -0.136. The van der Waals surface area contributed by atoms with Gasteiger partial charge in [0.2, 0.25) is 0 Å². The minimum Gasteiger partial charge on any atom is -0.481 e. The number of carbonyl (C=O) groups is 1. The molecule has 1 aromatic rings. The Hall–Kier alpha value is -1.65. The second kappa shape index (κ2) is 5.61. The van der Waals surface area contributed by atoms with Gasteiger partial charge in [-0.3, -0.25) is 4.79 Å². The molecule has 1 heterocycles. The van der Waals surface area contributed by atoms with Crippen molar-refractivity contribution in [2.45, 2.75) is 38.0 Å². The van der Waals surface area contributed by atoms with Crippen LogP contribution in [0.2, 0.25) is 0 Å². The lowest BCUT2D eigenvalue weighted by Gasteiger charge is -2.09. The van der Waals surface area contributed by atoms with E-state index in [1.807, 2.05) is 0 Å². The molecule has 17 heavy (non-hydrogen) atoms. The van der Waals surface area contributed by atoms with Gasteiger partial charge in [0.05, 0.1) is 6.42 Å². The summed E-state index contributed by atoms with van der Waals surface area (Å²) in [5.41, 5.74) is 0. The van der Waals surface area contributed by atoms with E-state index in [2.05, 4.69) is 15.3 Å². The van der Waals surface area contributed by atoms with Crippen molar-refractivity contribution in [1.29, 1.82) is 0 Å². The fourth-order valence-electron chi connectivity index (χ4n) is 2.15. The van der Waals surface area contributed by atoms with E-state index in [4.69, 9.17) is 5.11 Å². The molecule has 0 amide bonds. The van der Waals surface area contributed by atoms with Gasteiger partial charge in [0, 0.05) is 18.7 Å². The molecular weight excluding hydrogens is 218 g/mol. The van der Waals surface area contributed by atoms with Crippen molar-refractivity contribution < 1.29 is 9.90 Å². The predicted octanol–water partition coefficient (Wildman–Crippen LogP) is 2.02. The minimum atomic E-state index is -0.803. The van der Waals surface area contributed by atoms with Gasteiger partial charge in [-0.15, -0.1) is 0 Å². The molecule has 0 saturated heterocycles. The monoisotopic (exact) mass is 235 g/mol. The molecule has 1 aromatic heterocycles. The number of aliphatic carboxylic acids is 1. The van der Waals surface area contributed by atoms with E-state index in [0.29, 0.717) is 12.5 Å². The number of nitrogens with one attached hydrogen (secondary N) is 1. The van der Waals surface area contributed by atoms with E-state index < -0.39 is 5.97 Å². The SMILES string of the molecule is O=C(O)CCNc1ccnc(C2CCCC2)n1. The number of anilines is 1. The van der Waals surface area contributed by atoms with Gasteiger partial charge in [-0.1, -0.05) is 12.8 Å². The number of hydrogen-bond acceptors (Lipinski definition) is 4. The van der Waals surface area contributed by atoms with E-state index in [1.54, 1.807) is 12.3 Å². The topological polar surface area (TPSA) is 75.1 Å². The maximum Gasteiger partial charge on any atom is 0.305 e. The van der Waals surface area contributed by atoms with Crippen LogP contribution in [0, 0.1) is 0 Å². The maximum atomic E-state index is 10.4. The molecule has 0 aliphatic heterocycles. The summed E-state index contributed by atoms with van der Waals surface area (Å²) in [4.78, 5) is 19.1. The van der Waals surface area contributed by atoms with Gasteiger partial charge in [0.1, 0.15) is 11.6 Å². The summed E-state index contributed by atoms with van der Waals surface area (Å²) in [5, 5.41) is 11.6. The molecule has 0 aromatic carbocycles. The Morgan fingerprint density at radius 3 is 2.94 bits per heavy atom. The second-order valence-electron chi connectivity index (χ2n) is 4.35. The van der Waals surface area contributed by atoms with Crippen molar-refractivity contribution in [2.24, 2.45) is 0 Å². The smallest absolute Gasteiger partial charge is 0.305 e. The molecule has 0 unspecified atom stereocenters. The number of nitrogens with zero attached hydrogens (tertiary/aromatic N) is 2. The van der Waals surface area contributed by atoms with Crippen LogP contribution in [0.1, 0.15) is 43.8 Å². The van der Waals surface area contributed by atoms with Crippen LogP contribution < -0.4 is 5.32 Å². The third-order valence-electron chi connectivity index (χ3n) is 3.04. The largest absolute Gasteiger partial charge is 0.481 e. The zero-order chi connectivity index (χ0) is 12.1. The fraction of sp³-hybridized carbons (Fsp3) is 0.583. The van der Waals surface area contributed by atoms with E-state index in [-0.39, 0.29) is 6.42 Å². The second-order valence-corrected chi connectivity index (χ2v) is 4.35. The zero-order valence-corrected chi connectivity index (χ0v) is 9.72. The Morgan fingerprint density at radius 1 is 1.47 bits per heavy atom. The minimum absolute atomic E-state index is 0.1000. The molecule has 1 aliphatic rings. The highest BCUT2D eigenvalue weighted by Crippen LogP contribution is 2.32. The van der Waals surface area contributed by atoms with E-state index in [1.165, 1.54) is 25.7 Å². The summed E-state index contributed by atoms with van der Waals surface area (Å²) in [7, 11) is 0. The third kappa shape index (κ3) is 3.41. The zero-order valence-electron chi connectivity index (χ0n) is 9.72. The van der Waals surface area contributed by atoms with Gasteiger partial charge >= 0.3 is 5.97 Å². The number of carboxylic acid groups (broad SMARTS) is 1. The van der Waals surface area contributed by atoms with Crippen LogP contribution in [0.4, 0.5) is 5.82 Å². The fourth-order valence-corrected chi connectivity index (χ4v) is 2.15. The van der Waals surface area contributed by atoms with Gasteiger partial charge in [-0.2, -0.15) is 0 Å². The van der Waals surface area contributed by atoms with Crippen LogP contribution in [0.25, 0.3) is 0 Å². The van der Waals surface area contributed by atoms with Crippen molar-refractivity contribution in [3.8, 4) is 0 Å². The van der Waals surface area contributed by atoms with Crippen molar-refractivity contribution in [3.63, 3.8) is 0 Å². The Kier molecular flexibility index (Phi) is 3.90. The van der Waals surface area contributed by atoms with Crippen LogP contribution >= 0.6 is 0 Å². The molecule has 1 aliphatic carbocycles. The molecule has 92 valence electrons. The maximum absolute atomic E-state index is 10.4. The number of aromatic nitrogens is 2. The quantitative estimate of drug-likeness (QED) is 0.816. The number of rotatable bonds is 5. The summed E-state index contributed by atoms with van der Waals surface area (Å²) in [6.07, 6.45) is 6.68. The molecule has 0 atom stereocenters. The first-order valence-electron chi connectivity index (χ1n) is 6.04. The lowest BCUT2D eigenvalue weighted by Crippen LogP contribution is -2.10. The summed E-state index contributed by atoms with van der Waals surface area (Å²) in [6.45, 7) is 0.399. The standard InChI is InChI=1S/C12H17N3O2/c16-11(17)6-8-13-10-5-7-14-12(15-10)9-3-1-2-4-9/h5,7,9H,1-4,6,8H2,(H,16,17)(H,13,14,15). The van der Waals surface area contributed by atoms with Gasteiger partial charge in [0.25, 0.3) is 0 Å². The Labute approximate surface area is 100 Å². The van der Waals surface area contributed by atoms with Crippen LogP contribution in [0.15, 0.2) is 12.3 Å². The first-order valence-corrected chi connectivity index (χ1v) is 6.04. The highest BCUT2D eigenvalue weighted by molar-refractivity contribution is 5.67. The van der Waals surface area contributed by atoms with E-state index >= 15 is 0 Å². The van der Waals surface area contributed by atoms with E-state index in [0.717, 1.165) is 11.6 Å². The van der Waals surface area contributed by atoms with Crippen LogP contribution in [-0.2, 0) is 4.79 Å². The normalized spacial score (nSPS) is 16.0. The van der Waals surface area contributed by atoms with Crippen LogP contribution in [0.5, 0.6) is 0 Å². The molecule has 0 bridgehead atoms. The van der Waals surface area contributed by atoms with Crippen LogP contribution in [-0.4, -0.2) is 27.6 Å². The number of hydrogen-bond donors (Lipinski definition) is 2. The van der Waals surface area contributed by atoms with Crippen LogP contribution in [0.3, 0.4) is 0 Å². The third-order valence-corrected chi connectivity index (χ3v) is 3.04. The Bertz CT molecular complexity index is 389. The molecule has 1 fully saturated rings. The highest BCUT2D eigenvalue weighted by atomic mass is 16.4. The Morgan fingerprint density at radius 2 is 2.24 bits per heavy atom.